The molecular formula is C19H23F3N4OS. The molecule has 5 nitrogen and oxygen atoms in total. The van der Waals surface area contributed by atoms with E-state index in [0.717, 1.165) is 40.9 Å². The molecule has 9 heteroatoms. The summed E-state index contributed by atoms with van der Waals surface area (Å²) in [6.45, 7) is 0.662. The predicted octanol–water partition coefficient (Wildman–Crippen LogP) is 4.35. The van der Waals surface area contributed by atoms with E-state index in [1.807, 2.05) is 24.3 Å². The molecule has 2 N–H and O–H groups in total. The second-order valence-electron chi connectivity index (χ2n) is 6.54. The van der Waals surface area contributed by atoms with Gasteiger partial charge in [-0.05, 0) is 31.7 Å². The number of nitrogens with zero attached hydrogens (tertiary/aromatic N) is 2. The average Bonchev–Trinajstić information content (AvgIpc) is 3.34. The maximum Gasteiger partial charge on any atom is 0.434 e. The summed E-state index contributed by atoms with van der Waals surface area (Å²) in [5.41, 5.74) is 0.140. The first-order valence-corrected chi connectivity index (χ1v) is 10.0. The molecule has 2 aromatic rings. The molecule has 1 aliphatic rings. The van der Waals surface area contributed by atoms with E-state index in [9.17, 15) is 13.2 Å². The number of nitrogens with one attached hydrogen (secondary N) is 2. The van der Waals surface area contributed by atoms with E-state index in [0.29, 0.717) is 17.5 Å². The molecular weight excluding hydrogens is 389 g/mol. The van der Waals surface area contributed by atoms with Crippen LogP contribution in [0.3, 0.4) is 0 Å². The number of ether oxygens (including phenoxy) is 1. The Labute approximate surface area is 166 Å². The number of guanidine groups is 1. The fourth-order valence-corrected chi connectivity index (χ4v) is 3.77. The lowest BCUT2D eigenvalue weighted by atomic mass is 10.2. The smallest absolute Gasteiger partial charge is 0.434 e. The second kappa shape index (κ2) is 9.27. The van der Waals surface area contributed by atoms with Gasteiger partial charge in [0.2, 0.25) is 0 Å². The summed E-state index contributed by atoms with van der Waals surface area (Å²) < 4.78 is 44.0. The topological polar surface area (TPSA) is 58.5 Å². The minimum atomic E-state index is -4.42. The van der Waals surface area contributed by atoms with Crippen LogP contribution < -0.4 is 15.4 Å². The molecule has 0 radical (unpaired) electrons. The molecule has 0 spiro atoms. The van der Waals surface area contributed by atoms with Crippen LogP contribution in [0.4, 0.5) is 13.2 Å². The number of aromatic nitrogens is 1. The van der Waals surface area contributed by atoms with E-state index in [-0.39, 0.29) is 12.6 Å². The first-order chi connectivity index (χ1) is 13.5. The number of hydrogen-bond acceptors (Lipinski definition) is 4. The Balaban J connectivity index is 1.53. The first kappa shape index (κ1) is 20.4. The Morgan fingerprint density at radius 1 is 1.21 bits per heavy atom. The fraction of sp³-hybridized carbons (Fsp3) is 0.474. The standard InChI is InChI=1S/C19H23F3N4OS/c1-23-18(25-11-17-26-16(12-28-17)19(20,21)22)24-10-13-6-2-5-9-15(13)27-14-7-3-4-8-14/h2,5-6,9,12,14H,3-4,7-8,10-11H2,1H3,(H2,23,24,25). The quantitative estimate of drug-likeness (QED) is 0.547. The van der Waals surface area contributed by atoms with Gasteiger partial charge in [0.1, 0.15) is 10.8 Å². The maximum absolute atomic E-state index is 12.6. The van der Waals surface area contributed by atoms with Gasteiger partial charge in [-0.2, -0.15) is 13.2 Å². The summed E-state index contributed by atoms with van der Waals surface area (Å²) in [6, 6.07) is 7.84. The maximum atomic E-state index is 12.6. The van der Waals surface area contributed by atoms with Crippen LogP contribution in [0, 0.1) is 0 Å². The third-order valence-corrected chi connectivity index (χ3v) is 5.34. The molecule has 0 aliphatic heterocycles. The minimum absolute atomic E-state index is 0.167. The molecule has 1 aliphatic carbocycles. The zero-order valence-corrected chi connectivity index (χ0v) is 16.4. The van der Waals surface area contributed by atoms with Gasteiger partial charge in [0.05, 0.1) is 12.6 Å². The van der Waals surface area contributed by atoms with Crippen molar-refractivity contribution in [2.24, 2.45) is 4.99 Å². The van der Waals surface area contributed by atoms with Gasteiger partial charge in [0.15, 0.2) is 11.7 Å². The first-order valence-electron chi connectivity index (χ1n) is 9.16. The third kappa shape index (κ3) is 5.60. The molecule has 0 bridgehead atoms. The van der Waals surface area contributed by atoms with Gasteiger partial charge in [-0.15, -0.1) is 11.3 Å². The summed E-state index contributed by atoms with van der Waals surface area (Å²) in [7, 11) is 1.61. The molecule has 0 saturated heterocycles. The largest absolute Gasteiger partial charge is 0.490 e. The van der Waals surface area contributed by atoms with E-state index < -0.39 is 11.9 Å². The minimum Gasteiger partial charge on any atom is -0.490 e. The SMILES string of the molecule is CN=C(NCc1nc(C(F)(F)F)cs1)NCc1ccccc1OC1CCCC1. The van der Waals surface area contributed by atoms with Crippen LogP contribution in [0.5, 0.6) is 5.75 Å². The Morgan fingerprint density at radius 3 is 2.61 bits per heavy atom. The van der Waals surface area contributed by atoms with Gasteiger partial charge in [-0.1, -0.05) is 18.2 Å². The highest BCUT2D eigenvalue weighted by Crippen LogP contribution is 2.30. The number of benzene rings is 1. The summed E-state index contributed by atoms with van der Waals surface area (Å²) in [4.78, 5) is 7.72. The van der Waals surface area contributed by atoms with Gasteiger partial charge >= 0.3 is 6.18 Å². The molecule has 0 amide bonds. The number of rotatable bonds is 6. The van der Waals surface area contributed by atoms with Crippen molar-refractivity contribution in [3.05, 3.63) is 45.9 Å². The van der Waals surface area contributed by atoms with Gasteiger partial charge in [-0.25, -0.2) is 4.98 Å². The fourth-order valence-electron chi connectivity index (χ4n) is 3.03. The van der Waals surface area contributed by atoms with Gasteiger partial charge in [0.25, 0.3) is 0 Å². The molecule has 0 unspecified atom stereocenters. The van der Waals surface area contributed by atoms with Crippen molar-refractivity contribution < 1.29 is 17.9 Å². The van der Waals surface area contributed by atoms with Crippen LogP contribution >= 0.6 is 11.3 Å². The molecule has 152 valence electrons. The third-order valence-electron chi connectivity index (χ3n) is 4.49. The van der Waals surface area contributed by atoms with Crippen LogP contribution in [0.1, 0.15) is 41.9 Å². The van der Waals surface area contributed by atoms with Crippen molar-refractivity contribution in [2.45, 2.75) is 51.1 Å². The van der Waals surface area contributed by atoms with Crippen molar-refractivity contribution in [3.63, 3.8) is 0 Å². The number of aliphatic imine (C=N–C) groups is 1. The number of alkyl halides is 3. The highest BCUT2D eigenvalue weighted by atomic mass is 32.1. The molecule has 0 atom stereocenters. The predicted molar refractivity (Wildman–Crippen MR) is 103 cm³/mol. The molecule has 1 saturated carbocycles. The number of hydrogen-bond donors (Lipinski definition) is 2. The molecule has 1 aromatic heterocycles. The lowest BCUT2D eigenvalue weighted by Gasteiger charge is -2.17. The highest BCUT2D eigenvalue weighted by Gasteiger charge is 2.33. The van der Waals surface area contributed by atoms with E-state index in [1.165, 1.54) is 12.8 Å². The van der Waals surface area contributed by atoms with E-state index in [1.54, 1.807) is 7.05 Å². The molecule has 3 rings (SSSR count). The summed E-state index contributed by atoms with van der Waals surface area (Å²) in [6.07, 6.45) is 0.421. The van der Waals surface area contributed by atoms with Gasteiger partial charge in [-0.3, -0.25) is 4.99 Å². The summed E-state index contributed by atoms with van der Waals surface area (Å²) in [5, 5.41) is 7.53. The average molecular weight is 412 g/mol. The monoisotopic (exact) mass is 412 g/mol. The Bertz CT molecular complexity index is 800. The number of thiazole rings is 1. The van der Waals surface area contributed by atoms with Crippen molar-refractivity contribution in [3.8, 4) is 5.75 Å². The van der Waals surface area contributed by atoms with E-state index >= 15 is 0 Å². The normalized spacial score (nSPS) is 15.6. The van der Waals surface area contributed by atoms with Crippen molar-refractivity contribution in [1.82, 2.24) is 15.6 Å². The van der Waals surface area contributed by atoms with Crippen LogP contribution in [0.2, 0.25) is 0 Å². The lowest BCUT2D eigenvalue weighted by Crippen LogP contribution is -2.36. The van der Waals surface area contributed by atoms with Crippen LogP contribution in [0.15, 0.2) is 34.6 Å². The van der Waals surface area contributed by atoms with Crippen molar-refractivity contribution in [1.29, 1.82) is 0 Å². The second-order valence-corrected chi connectivity index (χ2v) is 7.48. The molecule has 1 aromatic carbocycles. The number of halogens is 3. The summed E-state index contributed by atoms with van der Waals surface area (Å²) >= 11 is 0.967. The van der Waals surface area contributed by atoms with Gasteiger partial charge < -0.3 is 15.4 Å². The van der Waals surface area contributed by atoms with Crippen LogP contribution in [-0.4, -0.2) is 24.1 Å². The molecule has 1 heterocycles. The van der Waals surface area contributed by atoms with Crippen LogP contribution in [0.25, 0.3) is 0 Å². The Morgan fingerprint density at radius 2 is 1.93 bits per heavy atom. The van der Waals surface area contributed by atoms with Crippen molar-refractivity contribution in [2.75, 3.05) is 7.05 Å². The van der Waals surface area contributed by atoms with E-state index in [2.05, 4.69) is 20.6 Å². The summed E-state index contributed by atoms with van der Waals surface area (Å²) in [5.74, 6) is 1.34. The zero-order chi connectivity index (χ0) is 20.0. The van der Waals surface area contributed by atoms with E-state index in [4.69, 9.17) is 4.74 Å². The number of para-hydroxylation sites is 1. The van der Waals surface area contributed by atoms with Crippen LogP contribution in [-0.2, 0) is 19.3 Å². The zero-order valence-electron chi connectivity index (χ0n) is 15.6. The molecule has 28 heavy (non-hydrogen) atoms. The lowest BCUT2D eigenvalue weighted by molar-refractivity contribution is -0.140. The Kier molecular flexibility index (Phi) is 6.77. The molecule has 1 fully saturated rings. The Hall–Kier alpha value is -2.29. The highest BCUT2D eigenvalue weighted by molar-refractivity contribution is 7.09. The van der Waals surface area contributed by atoms with Crippen molar-refractivity contribution >= 4 is 17.3 Å². The van der Waals surface area contributed by atoms with Gasteiger partial charge in [0, 0.05) is 24.5 Å².